The van der Waals surface area contributed by atoms with Crippen LogP contribution in [-0.2, 0) is 10.0 Å². The molecule has 118 valence electrons. The molecule has 1 aliphatic rings. The molecule has 0 amide bonds. The summed E-state index contributed by atoms with van der Waals surface area (Å²) in [6.07, 6.45) is 0. The zero-order valence-corrected chi connectivity index (χ0v) is 13.7. The lowest BCUT2D eigenvalue weighted by Gasteiger charge is -2.34. The molecule has 2 heterocycles. The van der Waals surface area contributed by atoms with Crippen LogP contribution in [0.5, 0.6) is 0 Å². The van der Waals surface area contributed by atoms with Gasteiger partial charge in [0.2, 0.25) is 10.0 Å². The van der Waals surface area contributed by atoms with Crippen molar-refractivity contribution in [1.82, 2.24) is 14.3 Å². The number of anilines is 2. The molecule has 1 N–H and O–H groups in total. The van der Waals surface area contributed by atoms with Crippen molar-refractivity contribution in [1.29, 1.82) is 0 Å². The average Bonchev–Trinajstić information content (AvgIpc) is 2.47. The van der Waals surface area contributed by atoms with E-state index in [1.165, 1.54) is 0 Å². The molecule has 21 heavy (non-hydrogen) atoms. The standard InChI is InChI=1S/C13H23N5O2S/c1-4-14-12-10-13(16-11(3)15-12)17-6-8-18(9-7-17)21(19,20)5-2/h10H,4-9H2,1-3H3,(H,14,15,16). The number of hydrogen-bond acceptors (Lipinski definition) is 6. The van der Waals surface area contributed by atoms with E-state index in [-0.39, 0.29) is 5.75 Å². The van der Waals surface area contributed by atoms with E-state index in [9.17, 15) is 8.42 Å². The van der Waals surface area contributed by atoms with Crippen LogP contribution in [0.25, 0.3) is 0 Å². The zero-order chi connectivity index (χ0) is 15.5. The fourth-order valence-corrected chi connectivity index (χ4v) is 3.45. The van der Waals surface area contributed by atoms with Gasteiger partial charge in [0, 0.05) is 38.8 Å². The number of piperazine rings is 1. The van der Waals surface area contributed by atoms with Crippen LogP contribution in [0.1, 0.15) is 19.7 Å². The van der Waals surface area contributed by atoms with Crippen LogP contribution in [0.3, 0.4) is 0 Å². The average molecular weight is 313 g/mol. The van der Waals surface area contributed by atoms with Crippen molar-refractivity contribution in [3.8, 4) is 0 Å². The minimum Gasteiger partial charge on any atom is -0.370 e. The molecule has 8 heteroatoms. The van der Waals surface area contributed by atoms with E-state index in [4.69, 9.17) is 0 Å². The maximum atomic E-state index is 11.9. The molecule has 0 unspecified atom stereocenters. The summed E-state index contributed by atoms with van der Waals surface area (Å²) in [5, 5.41) is 3.19. The second-order valence-corrected chi connectivity index (χ2v) is 7.23. The highest BCUT2D eigenvalue weighted by Gasteiger charge is 2.26. The Bertz CT molecular complexity index is 582. The van der Waals surface area contributed by atoms with Gasteiger partial charge >= 0.3 is 0 Å². The molecule has 1 aromatic heterocycles. The summed E-state index contributed by atoms with van der Waals surface area (Å²) in [7, 11) is -3.09. The minimum absolute atomic E-state index is 0.157. The first-order valence-corrected chi connectivity index (χ1v) is 8.89. The highest BCUT2D eigenvalue weighted by molar-refractivity contribution is 7.89. The Labute approximate surface area is 126 Å². The molecule has 0 radical (unpaired) electrons. The van der Waals surface area contributed by atoms with Crippen LogP contribution in [-0.4, -0.2) is 61.2 Å². The zero-order valence-electron chi connectivity index (χ0n) is 12.8. The molecule has 0 spiro atoms. The van der Waals surface area contributed by atoms with Crippen molar-refractivity contribution in [3.63, 3.8) is 0 Å². The highest BCUT2D eigenvalue weighted by atomic mass is 32.2. The second-order valence-electron chi connectivity index (χ2n) is 4.98. The van der Waals surface area contributed by atoms with E-state index in [1.54, 1.807) is 11.2 Å². The Balaban J connectivity index is 2.08. The summed E-state index contributed by atoms with van der Waals surface area (Å²) in [4.78, 5) is 10.9. The predicted octanol–water partition coefficient (Wildman–Crippen LogP) is 0.689. The van der Waals surface area contributed by atoms with Crippen molar-refractivity contribution in [2.24, 2.45) is 0 Å². The molecule has 0 aliphatic carbocycles. The van der Waals surface area contributed by atoms with Crippen LogP contribution in [0, 0.1) is 6.92 Å². The molecule has 1 saturated heterocycles. The third-order valence-corrected chi connectivity index (χ3v) is 5.38. The van der Waals surface area contributed by atoms with Crippen LogP contribution < -0.4 is 10.2 Å². The van der Waals surface area contributed by atoms with E-state index in [0.29, 0.717) is 32.0 Å². The summed E-state index contributed by atoms with van der Waals surface area (Å²) in [6, 6.07) is 1.92. The number of sulfonamides is 1. The summed E-state index contributed by atoms with van der Waals surface area (Å²) in [6.45, 7) is 8.69. The quantitative estimate of drug-likeness (QED) is 0.861. The number of aromatic nitrogens is 2. The predicted molar refractivity (Wildman–Crippen MR) is 84.2 cm³/mol. The molecular formula is C13H23N5O2S. The highest BCUT2D eigenvalue weighted by Crippen LogP contribution is 2.18. The number of aryl methyl sites for hydroxylation is 1. The van der Waals surface area contributed by atoms with Gasteiger partial charge in [-0.15, -0.1) is 0 Å². The third-order valence-electron chi connectivity index (χ3n) is 3.50. The maximum Gasteiger partial charge on any atom is 0.213 e. The lowest BCUT2D eigenvalue weighted by Crippen LogP contribution is -2.49. The number of hydrogen-bond donors (Lipinski definition) is 1. The van der Waals surface area contributed by atoms with Crippen molar-refractivity contribution >= 4 is 21.7 Å². The van der Waals surface area contributed by atoms with Gasteiger partial charge in [-0.05, 0) is 20.8 Å². The lowest BCUT2D eigenvalue weighted by molar-refractivity contribution is 0.384. The van der Waals surface area contributed by atoms with Crippen molar-refractivity contribution in [3.05, 3.63) is 11.9 Å². The van der Waals surface area contributed by atoms with Crippen molar-refractivity contribution in [2.75, 3.05) is 48.7 Å². The summed E-state index contributed by atoms with van der Waals surface area (Å²) < 4.78 is 25.3. The lowest BCUT2D eigenvalue weighted by atomic mass is 10.3. The van der Waals surface area contributed by atoms with Crippen molar-refractivity contribution < 1.29 is 8.42 Å². The van der Waals surface area contributed by atoms with Crippen LogP contribution in [0.2, 0.25) is 0 Å². The third kappa shape index (κ3) is 3.82. The molecule has 0 atom stereocenters. The molecular weight excluding hydrogens is 290 g/mol. The normalized spacial score (nSPS) is 17.0. The molecule has 0 aromatic carbocycles. The Morgan fingerprint density at radius 2 is 1.86 bits per heavy atom. The molecule has 2 rings (SSSR count). The monoisotopic (exact) mass is 313 g/mol. The second kappa shape index (κ2) is 6.57. The summed E-state index contributed by atoms with van der Waals surface area (Å²) in [5.41, 5.74) is 0. The summed E-state index contributed by atoms with van der Waals surface area (Å²) >= 11 is 0. The molecule has 1 aromatic rings. The van der Waals surface area contributed by atoms with E-state index < -0.39 is 10.0 Å². The van der Waals surface area contributed by atoms with Gasteiger partial charge in [-0.3, -0.25) is 0 Å². The van der Waals surface area contributed by atoms with E-state index in [1.807, 2.05) is 19.9 Å². The molecule has 0 saturated carbocycles. The fraction of sp³-hybridized carbons (Fsp3) is 0.692. The van der Waals surface area contributed by atoms with Crippen molar-refractivity contribution in [2.45, 2.75) is 20.8 Å². The van der Waals surface area contributed by atoms with Crippen LogP contribution in [0.4, 0.5) is 11.6 Å². The van der Waals surface area contributed by atoms with Crippen LogP contribution in [0.15, 0.2) is 6.07 Å². The van der Waals surface area contributed by atoms with Gasteiger partial charge in [-0.1, -0.05) is 0 Å². The topological polar surface area (TPSA) is 78.4 Å². The van der Waals surface area contributed by atoms with Gasteiger partial charge in [0.05, 0.1) is 5.75 Å². The Morgan fingerprint density at radius 1 is 1.19 bits per heavy atom. The smallest absolute Gasteiger partial charge is 0.213 e. The Morgan fingerprint density at radius 3 is 2.43 bits per heavy atom. The van der Waals surface area contributed by atoms with Gasteiger partial charge < -0.3 is 10.2 Å². The molecule has 7 nitrogen and oxygen atoms in total. The Kier molecular flexibility index (Phi) is 5.00. The first-order valence-electron chi connectivity index (χ1n) is 7.28. The summed E-state index contributed by atoms with van der Waals surface area (Å²) in [5.74, 6) is 2.53. The van der Waals surface area contributed by atoms with Crippen LogP contribution >= 0.6 is 0 Å². The van der Waals surface area contributed by atoms with Gasteiger partial charge in [-0.2, -0.15) is 4.31 Å². The van der Waals surface area contributed by atoms with E-state index in [0.717, 1.165) is 18.2 Å². The first-order chi connectivity index (χ1) is 9.96. The fourth-order valence-electron chi connectivity index (χ4n) is 2.36. The SMILES string of the molecule is CCNc1cc(N2CCN(S(=O)(=O)CC)CC2)nc(C)n1. The molecule has 0 bridgehead atoms. The van der Waals surface area contributed by atoms with Gasteiger partial charge in [0.25, 0.3) is 0 Å². The largest absolute Gasteiger partial charge is 0.370 e. The Hall–Kier alpha value is -1.41. The molecule has 1 aliphatic heterocycles. The van der Waals surface area contributed by atoms with Gasteiger partial charge in [-0.25, -0.2) is 18.4 Å². The minimum atomic E-state index is -3.09. The molecule has 1 fully saturated rings. The van der Waals surface area contributed by atoms with E-state index in [2.05, 4.69) is 20.2 Å². The maximum absolute atomic E-state index is 11.9. The van der Waals surface area contributed by atoms with E-state index >= 15 is 0 Å². The number of nitrogens with zero attached hydrogens (tertiary/aromatic N) is 4. The van der Waals surface area contributed by atoms with Gasteiger partial charge in [0.15, 0.2) is 0 Å². The first kappa shape index (κ1) is 16.0. The number of nitrogens with one attached hydrogen (secondary N) is 1. The number of rotatable bonds is 5. The van der Waals surface area contributed by atoms with Gasteiger partial charge in [0.1, 0.15) is 17.5 Å².